The minimum Gasteiger partial charge on any atom is -0.477 e. The van der Waals surface area contributed by atoms with Gasteiger partial charge in [0.05, 0.1) is 17.8 Å². The number of carboxylic acids is 1. The van der Waals surface area contributed by atoms with E-state index in [1.165, 1.54) is 6.07 Å². The third kappa shape index (κ3) is 3.41. The van der Waals surface area contributed by atoms with Gasteiger partial charge in [-0.3, -0.25) is 4.79 Å². The van der Waals surface area contributed by atoms with Crippen LogP contribution in [-0.4, -0.2) is 31.1 Å². The molecule has 0 unspecified atom stereocenters. The molecule has 0 bridgehead atoms. The summed E-state index contributed by atoms with van der Waals surface area (Å²) in [6, 6.07) is 4.66. The summed E-state index contributed by atoms with van der Waals surface area (Å²) in [7, 11) is 0. The van der Waals surface area contributed by atoms with Crippen LogP contribution in [0, 0.1) is 0 Å². The molecular weight excluding hydrogens is 344 g/mol. The van der Waals surface area contributed by atoms with Gasteiger partial charge < -0.3 is 10.1 Å². The molecule has 0 radical (unpaired) electrons. The van der Waals surface area contributed by atoms with Crippen LogP contribution >= 0.6 is 11.6 Å². The lowest BCUT2D eigenvalue weighted by Crippen LogP contribution is -2.18. The summed E-state index contributed by atoms with van der Waals surface area (Å²) in [5.74, 6) is -1.28. The molecule has 0 spiro atoms. The van der Waals surface area contributed by atoms with E-state index in [-0.39, 0.29) is 11.0 Å². The Morgan fingerprint density at radius 2 is 2.04 bits per heavy atom. The number of carboxylic acid groups (broad SMARTS) is 1. The number of rotatable bonds is 3. The first kappa shape index (κ1) is 17.2. The van der Waals surface area contributed by atoms with Gasteiger partial charge >= 0.3 is 5.97 Å². The molecule has 25 heavy (non-hydrogen) atoms. The van der Waals surface area contributed by atoms with Gasteiger partial charge in [0.25, 0.3) is 5.56 Å². The first-order valence-corrected chi connectivity index (χ1v) is 8.02. The zero-order valence-electron chi connectivity index (χ0n) is 14.0. The Bertz CT molecular complexity index is 1030. The van der Waals surface area contributed by atoms with E-state index in [4.69, 9.17) is 16.7 Å². The summed E-state index contributed by atoms with van der Waals surface area (Å²) in [6.45, 7) is 6.48. The highest BCUT2D eigenvalue weighted by Crippen LogP contribution is 2.24. The van der Waals surface area contributed by atoms with Crippen LogP contribution in [0.15, 0.2) is 29.2 Å². The molecule has 0 fully saturated rings. The molecule has 1 aromatic carbocycles. The van der Waals surface area contributed by atoms with Crippen LogP contribution in [-0.2, 0) is 12.0 Å². The van der Waals surface area contributed by atoms with Gasteiger partial charge in [0.2, 0.25) is 0 Å². The molecule has 0 atom stereocenters. The van der Waals surface area contributed by atoms with Gasteiger partial charge in [-0.1, -0.05) is 37.6 Å². The number of nitrogens with one attached hydrogen (secondary N) is 1. The Kier molecular flexibility index (Phi) is 4.12. The van der Waals surface area contributed by atoms with Crippen molar-refractivity contribution in [3.05, 3.63) is 56.6 Å². The molecule has 7 nitrogen and oxygen atoms in total. The van der Waals surface area contributed by atoms with E-state index < -0.39 is 11.5 Å². The van der Waals surface area contributed by atoms with E-state index in [1.54, 1.807) is 16.8 Å². The molecular formula is C17H17ClN4O3. The Labute approximate surface area is 148 Å². The van der Waals surface area contributed by atoms with Crippen molar-refractivity contribution in [1.82, 2.24) is 20.0 Å². The first-order chi connectivity index (χ1) is 11.6. The molecule has 0 saturated heterocycles. The number of aromatic carboxylic acids is 1. The van der Waals surface area contributed by atoms with Crippen molar-refractivity contribution in [3.8, 4) is 0 Å². The van der Waals surface area contributed by atoms with Crippen LogP contribution in [0.1, 0.15) is 42.4 Å². The van der Waals surface area contributed by atoms with Gasteiger partial charge in [0.1, 0.15) is 5.56 Å². The summed E-state index contributed by atoms with van der Waals surface area (Å²) in [6.07, 6.45) is 1.84. The Hall–Kier alpha value is -2.67. The average Bonchev–Trinajstić information content (AvgIpc) is 2.96. The second-order valence-corrected chi connectivity index (χ2v) is 7.33. The lowest BCUT2D eigenvalue weighted by atomic mass is 9.93. The minimum atomic E-state index is -1.28. The largest absolute Gasteiger partial charge is 0.477 e. The number of H-pyrrole nitrogens is 1. The highest BCUT2D eigenvalue weighted by Gasteiger charge is 2.18. The van der Waals surface area contributed by atoms with E-state index in [0.29, 0.717) is 22.5 Å². The molecule has 2 N–H and O–H groups in total. The summed E-state index contributed by atoms with van der Waals surface area (Å²) in [4.78, 5) is 25.8. The fraction of sp³-hybridized carbons (Fsp3) is 0.294. The molecule has 2 heterocycles. The van der Waals surface area contributed by atoms with E-state index in [1.807, 2.05) is 27.0 Å². The van der Waals surface area contributed by atoms with Crippen molar-refractivity contribution in [2.24, 2.45) is 0 Å². The smallest absolute Gasteiger partial charge is 0.341 e. The second-order valence-electron chi connectivity index (χ2n) is 6.90. The molecule has 3 aromatic rings. The predicted octanol–water partition coefficient (Wildman–Crippen LogP) is 2.82. The lowest BCUT2D eigenvalue weighted by molar-refractivity contribution is 0.0695. The molecule has 0 aliphatic carbocycles. The van der Waals surface area contributed by atoms with Crippen molar-refractivity contribution in [1.29, 1.82) is 0 Å². The van der Waals surface area contributed by atoms with E-state index in [2.05, 4.69) is 15.3 Å². The van der Waals surface area contributed by atoms with Gasteiger partial charge in [-0.15, -0.1) is 5.10 Å². The zero-order chi connectivity index (χ0) is 18.4. The molecule has 0 aliphatic heterocycles. The number of aromatic nitrogens is 4. The maximum absolute atomic E-state index is 12.0. The van der Waals surface area contributed by atoms with Crippen LogP contribution < -0.4 is 5.56 Å². The summed E-state index contributed by atoms with van der Waals surface area (Å²) in [5.41, 5.74) is 1.00. The lowest BCUT2D eigenvalue weighted by Gasteiger charge is -2.13. The summed E-state index contributed by atoms with van der Waals surface area (Å²) in [5, 5.41) is 18.4. The number of hydrogen-bond donors (Lipinski definition) is 2. The number of pyridine rings is 1. The highest BCUT2D eigenvalue weighted by atomic mass is 35.5. The monoisotopic (exact) mass is 360 g/mol. The van der Waals surface area contributed by atoms with Gasteiger partial charge in [-0.25, -0.2) is 9.48 Å². The maximum Gasteiger partial charge on any atom is 0.341 e. The molecule has 0 aliphatic rings. The van der Waals surface area contributed by atoms with E-state index in [9.17, 15) is 9.59 Å². The molecule has 8 heteroatoms. The number of benzene rings is 1. The standard InChI is InChI=1S/C17H17ClN4O3/c1-17(2,3)13-8-22(21-20-13)7-10-5-11(18)4-9-6-12(16(24)25)15(23)19-14(9)10/h4-6,8H,7H2,1-3H3,(H,19,23)(H,24,25). The number of fused-ring (bicyclic) bond motifs is 1. The topological polar surface area (TPSA) is 101 Å². The SMILES string of the molecule is CC(C)(C)c1cn(Cc2cc(Cl)cc3cc(C(=O)O)c(=O)[nH]c23)nn1. The fourth-order valence-electron chi connectivity index (χ4n) is 2.53. The molecule has 3 rings (SSSR count). The van der Waals surface area contributed by atoms with Crippen molar-refractivity contribution in [3.63, 3.8) is 0 Å². The summed E-state index contributed by atoms with van der Waals surface area (Å²) < 4.78 is 1.66. The van der Waals surface area contributed by atoms with Gasteiger partial charge in [0.15, 0.2) is 0 Å². The quantitative estimate of drug-likeness (QED) is 0.747. The van der Waals surface area contributed by atoms with Crippen molar-refractivity contribution in [2.45, 2.75) is 32.7 Å². The normalized spacial score (nSPS) is 11.8. The Morgan fingerprint density at radius 1 is 1.32 bits per heavy atom. The van der Waals surface area contributed by atoms with Crippen LogP contribution in [0.3, 0.4) is 0 Å². The van der Waals surface area contributed by atoms with E-state index in [0.717, 1.165) is 11.3 Å². The number of carbonyl (C=O) groups is 1. The van der Waals surface area contributed by atoms with Crippen LogP contribution in [0.5, 0.6) is 0 Å². The van der Waals surface area contributed by atoms with Crippen LogP contribution in [0.2, 0.25) is 5.02 Å². The Balaban J connectivity index is 2.10. The van der Waals surface area contributed by atoms with Gasteiger partial charge in [-0.2, -0.15) is 0 Å². The second kappa shape index (κ2) is 6.00. The molecule has 0 amide bonds. The van der Waals surface area contributed by atoms with Crippen molar-refractivity contribution in [2.75, 3.05) is 0 Å². The number of aromatic amines is 1. The highest BCUT2D eigenvalue weighted by molar-refractivity contribution is 6.31. The third-order valence-electron chi connectivity index (χ3n) is 3.87. The maximum atomic E-state index is 12.0. The first-order valence-electron chi connectivity index (χ1n) is 7.64. The summed E-state index contributed by atoms with van der Waals surface area (Å²) >= 11 is 6.15. The fourth-order valence-corrected chi connectivity index (χ4v) is 2.78. The number of nitrogens with zero attached hydrogens (tertiary/aromatic N) is 3. The zero-order valence-corrected chi connectivity index (χ0v) is 14.8. The molecule has 0 saturated carbocycles. The van der Waals surface area contributed by atoms with Crippen molar-refractivity contribution < 1.29 is 9.90 Å². The van der Waals surface area contributed by atoms with Crippen LogP contribution in [0.25, 0.3) is 10.9 Å². The predicted molar refractivity (Wildman–Crippen MR) is 94.4 cm³/mol. The number of halogens is 1. The van der Waals surface area contributed by atoms with Gasteiger partial charge in [0, 0.05) is 22.0 Å². The number of hydrogen-bond acceptors (Lipinski definition) is 4. The molecule has 130 valence electrons. The Morgan fingerprint density at radius 3 is 2.64 bits per heavy atom. The van der Waals surface area contributed by atoms with Gasteiger partial charge in [-0.05, 0) is 23.8 Å². The van der Waals surface area contributed by atoms with Crippen LogP contribution in [0.4, 0.5) is 0 Å². The minimum absolute atomic E-state index is 0.126. The average molecular weight is 361 g/mol. The molecule has 2 aromatic heterocycles. The van der Waals surface area contributed by atoms with Crippen molar-refractivity contribution >= 4 is 28.5 Å². The third-order valence-corrected chi connectivity index (χ3v) is 4.09. The van der Waals surface area contributed by atoms with E-state index >= 15 is 0 Å².